The van der Waals surface area contributed by atoms with E-state index in [0.717, 1.165) is 25.7 Å². The number of carbonyl (C=O) groups excluding carboxylic acids is 1. The van der Waals surface area contributed by atoms with Crippen molar-refractivity contribution >= 4 is 37.6 Å². The first-order chi connectivity index (χ1) is 10.3. The Labute approximate surface area is 153 Å². The van der Waals surface area contributed by atoms with Crippen LogP contribution in [-0.4, -0.2) is 15.4 Å². The number of hydrogen-bond donors (Lipinski definition) is 0. The monoisotopic (exact) mass is 434 g/mol. The number of Topliss-reactive ketones (excluding diaryl/α,β-unsaturated/α-hetero) is 1. The van der Waals surface area contributed by atoms with Crippen LogP contribution in [0.2, 0.25) is 0 Å². The zero-order chi connectivity index (χ0) is 16.5. The van der Waals surface area contributed by atoms with E-state index in [0.29, 0.717) is 15.4 Å². The first-order valence-corrected chi connectivity index (χ1v) is 10.9. The minimum absolute atomic E-state index is 0.169. The lowest BCUT2D eigenvalue weighted by Crippen LogP contribution is -2.51. The molecule has 2 aliphatic carbocycles. The van der Waals surface area contributed by atoms with E-state index in [9.17, 15) is 4.79 Å². The molecule has 0 saturated heterocycles. The zero-order valence-electron chi connectivity index (χ0n) is 14.6. The van der Waals surface area contributed by atoms with Gasteiger partial charge < -0.3 is 0 Å². The van der Waals surface area contributed by atoms with E-state index >= 15 is 0 Å². The molecule has 0 amide bonds. The van der Waals surface area contributed by atoms with Crippen LogP contribution in [0.4, 0.5) is 0 Å². The summed E-state index contributed by atoms with van der Waals surface area (Å²) < 4.78 is 0. The average Bonchev–Trinajstić information content (AvgIpc) is 2.47. The van der Waals surface area contributed by atoms with E-state index in [1.54, 1.807) is 0 Å². The van der Waals surface area contributed by atoms with Crippen LogP contribution in [-0.2, 0) is 4.79 Å². The van der Waals surface area contributed by atoms with E-state index in [4.69, 9.17) is 0 Å². The van der Waals surface area contributed by atoms with Gasteiger partial charge in [0.25, 0.3) is 0 Å². The normalized spacial score (nSPS) is 46.5. The van der Waals surface area contributed by atoms with Gasteiger partial charge in [-0.05, 0) is 49.4 Å². The lowest BCUT2D eigenvalue weighted by Gasteiger charge is -2.49. The van der Waals surface area contributed by atoms with E-state index < -0.39 is 0 Å². The molecule has 0 aromatic rings. The minimum atomic E-state index is 0.169. The quantitative estimate of drug-likeness (QED) is 0.459. The van der Waals surface area contributed by atoms with Crippen LogP contribution in [0.15, 0.2) is 0 Å². The Hall–Kier alpha value is 0.630. The molecule has 2 fully saturated rings. The maximum absolute atomic E-state index is 13.7. The second-order valence-electron chi connectivity index (χ2n) is 8.19. The van der Waals surface area contributed by atoms with Crippen molar-refractivity contribution in [2.24, 2.45) is 22.7 Å². The standard InChI is InChI=1S/C19H32Br2O/c1-5-18(3)11-7-9-13(20)15(18)17(22)16-14(21)10-8-12-19(16,4)6-2/h13-16H,5-12H2,1-4H3. The Morgan fingerprint density at radius 3 is 1.59 bits per heavy atom. The summed E-state index contributed by atoms with van der Waals surface area (Å²) in [7, 11) is 0. The van der Waals surface area contributed by atoms with Crippen molar-refractivity contribution in [1.29, 1.82) is 0 Å². The van der Waals surface area contributed by atoms with Crippen molar-refractivity contribution in [2.45, 2.75) is 88.7 Å². The summed E-state index contributed by atoms with van der Waals surface area (Å²) in [5.74, 6) is 0.900. The highest BCUT2D eigenvalue weighted by Gasteiger charge is 2.52. The van der Waals surface area contributed by atoms with E-state index in [2.05, 4.69) is 59.6 Å². The van der Waals surface area contributed by atoms with Crippen molar-refractivity contribution in [3.8, 4) is 0 Å². The summed E-state index contributed by atoms with van der Waals surface area (Å²) in [6.45, 7) is 9.21. The van der Waals surface area contributed by atoms with Gasteiger partial charge in [0, 0.05) is 21.5 Å². The Morgan fingerprint density at radius 2 is 1.27 bits per heavy atom. The molecule has 2 saturated carbocycles. The highest BCUT2D eigenvalue weighted by Crippen LogP contribution is 2.53. The molecule has 0 radical (unpaired) electrons. The second kappa shape index (κ2) is 7.25. The summed E-state index contributed by atoms with van der Waals surface area (Å²) in [5, 5.41) is 0. The topological polar surface area (TPSA) is 17.1 Å². The summed E-state index contributed by atoms with van der Waals surface area (Å²) in [5.41, 5.74) is 0.338. The first kappa shape index (κ1) is 19.0. The smallest absolute Gasteiger partial charge is 0.142 e. The SMILES string of the molecule is CCC1(C)CCCC(Br)C1C(=O)C1C(Br)CCCC1(C)CC. The number of rotatable bonds is 4. The van der Waals surface area contributed by atoms with E-state index in [-0.39, 0.29) is 22.7 Å². The van der Waals surface area contributed by atoms with Crippen molar-refractivity contribution in [2.75, 3.05) is 0 Å². The molecular formula is C19H32Br2O. The third-order valence-electron chi connectivity index (χ3n) is 6.91. The number of alkyl halides is 2. The van der Waals surface area contributed by atoms with Gasteiger partial charge in [-0.15, -0.1) is 0 Å². The maximum Gasteiger partial charge on any atom is 0.142 e. The molecule has 6 atom stereocenters. The van der Waals surface area contributed by atoms with Crippen LogP contribution >= 0.6 is 31.9 Å². The van der Waals surface area contributed by atoms with E-state index in [1.807, 2.05) is 0 Å². The van der Waals surface area contributed by atoms with Gasteiger partial charge in [-0.1, -0.05) is 72.4 Å². The fourth-order valence-corrected chi connectivity index (χ4v) is 7.39. The van der Waals surface area contributed by atoms with Crippen LogP contribution in [0, 0.1) is 22.7 Å². The Bertz CT molecular complexity index is 374. The maximum atomic E-state index is 13.7. The van der Waals surface area contributed by atoms with Gasteiger partial charge in [-0.3, -0.25) is 4.79 Å². The lowest BCUT2D eigenvalue weighted by atomic mass is 9.57. The number of carbonyl (C=O) groups is 1. The molecule has 6 unspecified atom stereocenters. The predicted octanol–water partition coefficient (Wildman–Crippen LogP) is 6.52. The van der Waals surface area contributed by atoms with Gasteiger partial charge >= 0.3 is 0 Å². The van der Waals surface area contributed by atoms with Crippen molar-refractivity contribution in [1.82, 2.24) is 0 Å². The van der Waals surface area contributed by atoms with Crippen molar-refractivity contribution < 1.29 is 4.79 Å². The van der Waals surface area contributed by atoms with Crippen molar-refractivity contribution in [3.05, 3.63) is 0 Å². The van der Waals surface area contributed by atoms with Gasteiger partial charge in [0.2, 0.25) is 0 Å². The van der Waals surface area contributed by atoms with Gasteiger partial charge in [0.15, 0.2) is 0 Å². The molecule has 128 valence electrons. The molecule has 0 bridgehead atoms. The molecule has 0 aromatic heterocycles. The Balaban J connectivity index is 2.34. The molecule has 0 aromatic carbocycles. The number of halogens is 2. The summed E-state index contributed by atoms with van der Waals surface area (Å²) in [6.07, 6.45) is 9.40. The predicted molar refractivity (Wildman–Crippen MR) is 102 cm³/mol. The van der Waals surface area contributed by atoms with Gasteiger partial charge in [-0.2, -0.15) is 0 Å². The fourth-order valence-electron chi connectivity index (χ4n) is 4.95. The van der Waals surface area contributed by atoms with Crippen LogP contribution in [0.1, 0.15) is 79.1 Å². The fraction of sp³-hybridized carbons (Fsp3) is 0.947. The molecule has 2 rings (SSSR count). The number of hydrogen-bond acceptors (Lipinski definition) is 1. The highest BCUT2D eigenvalue weighted by atomic mass is 79.9. The summed E-state index contributed by atoms with van der Waals surface area (Å²) >= 11 is 7.76. The Morgan fingerprint density at radius 1 is 0.909 bits per heavy atom. The van der Waals surface area contributed by atoms with E-state index in [1.165, 1.54) is 25.7 Å². The number of ketones is 1. The molecule has 22 heavy (non-hydrogen) atoms. The molecular weight excluding hydrogens is 404 g/mol. The van der Waals surface area contributed by atoms with Crippen LogP contribution in [0.25, 0.3) is 0 Å². The molecule has 0 spiro atoms. The third-order valence-corrected chi connectivity index (χ3v) is 8.88. The molecule has 0 aliphatic heterocycles. The summed E-state index contributed by atoms with van der Waals surface area (Å²) in [4.78, 5) is 14.4. The van der Waals surface area contributed by atoms with Gasteiger partial charge in [0.1, 0.15) is 5.78 Å². The third kappa shape index (κ3) is 3.36. The van der Waals surface area contributed by atoms with Gasteiger partial charge in [-0.25, -0.2) is 0 Å². The van der Waals surface area contributed by atoms with Gasteiger partial charge in [0.05, 0.1) is 0 Å². The molecule has 3 heteroatoms. The molecule has 0 N–H and O–H groups in total. The first-order valence-electron chi connectivity index (χ1n) is 9.11. The largest absolute Gasteiger partial charge is 0.299 e. The van der Waals surface area contributed by atoms with Crippen molar-refractivity contribution in [3.63, 3.8) is 0 Å². The molecule has 2 aliphatic rings. The summed E-state index contributed by atoms with van der Waals surface area (Å²) in [6, 6.07) is 0. The zero-order valence-corrected chi connectivity index (χ0v) is 17.8. The van der Waals surface area contributed by atoms with Crippen LogP contribution in [0.5, 0.6) is 0 Å². The highest BCUT2D eigenvalue weighted by molar-refractivity contribution is 9.09. The molecule has 1 nitrogen and oxygen atoms in total. The average molecular weight is 436 g/mol. The van der Waals surface area contributed by atoms with Crippen LogP contribution in [0.3, 0.4) is 0 Å². The van der Waals surface area contributed by atoms with Crippen LogP contribution < -0.4 is 0 Å². The molecule has 0 heterocycles. The Kier molecular flexibility index (Phi) is 6.25. The minimum Gasteiger partial charge on any atom is -0.299 e. The second-order valence-corrected chi connectivity index (χ2v) is 10.5. The lowest BCUT2D eigenvalue weighted by molar-refractivity contribution is -0.138.